The lowest BCUT2D eigenvalue weighted by atomic mass is 10.1. The van der Waals surface area contributed by atoms with E-state index in [4.69, 9.17) is 0 Å². The summed E-state index contributed by atoms with van der Waals surface area (Å²) < 4.78 is 0. The van der Waals surface area contributed by atoms with E-state index in [1.807, 2.05) is 11.4 Å². The van der Waals surface area contributed by atoms with E-state index in [0.717, 1.165) is 5.56 Å². The third-order valence-electron chi connectivity index (χ3n) is 4.59. The van der Waals surface area contributed by atoms with Crippen molar-refractivity contribution < 1.29 is 19.5 Å². The Hall–Kier alpha value is -2.74. The van der Waals surface area contributed by atoms with Gasteiger partial charge in [-0.15, -0.1) is 11.3 Å². The van der Waals surface area contributed by atoms with Crippen LogP contribution in [0.3, 0.4) is 0 Å². The summed E-state index contributed by atoms with van der Waals surface area (Å²) in [6, 6.07) is 7.15. The minimum Gasteiger partial charge on any atom is -0.481 e. The number of amides is 2. The molecule has 0 unspecified atom stereocenters. The average molecular weight is 373 g/mol. The highest BCUT2D eigenvalue weighted by molar-refractivity contribution is 7.14. The number of benzene rings is 1. The van der Waals surface area contributed by atoms with Crippen molar-refractivity contribution in [1.82, 2.24) is 4.98 Å². The second-order valence-electron chi connectivity index (χ2n) is 6.90. The Labute approximate surface area is 154 Å². The topological polar surface area (TPSA) is 108 Å². The number of hydrogen-bond acceptors (Lipinski definition) is 5. The number of carboxylic acids is 1. The SMILES string of the molecule is CC(=O)Nc1nc(-c2cccc(NC(=O)[C@@H]3[C@@H](C(=O)O)C3(C)C)c2)cs1. The number of aromatic nitrogens is 1. The van der Waals surface area contributed by atoms with Gasteiger partial charge in [-0.05, 0) is 17.5 Å². The van der Waals surface area contributed by atoms with Crippen LogP contribution in [0.25, 0.3) is 11.3 Å². The molecule has 26 heavy (non-hydrogen) atoms. The van der Waals surface area contributed by atoms with E-state index in [1.165, 1.54) is 18.3 Å². The molecule has 2 atom stereocenters. The van der Waals surface area contributed by atoms with Crippen LogP contribution in [0.5, 0.6) is 0 Å². The standard InChI is InChI=1S/C18H19N3O4S/c1-9(22)19-17-21-12(8-26-17)10-5-4-6-11(7-10)20-15(23)13-14(16(24)25)18(13,2)3/h4-8,13-14H,1-3H3,(H,20,23)(H,24,25)(H,19,21,22)/t13-,14-/m0/s1. The van der Waals surface area contributed by atoms with E-state index < -0.39 is 23.2 Å². The minimum atomic E-state index is -0.947. The number of carbonyl (C=O) groups is 3. The van der Waals surface area contributed by atoms with Crippen LogP contribution < -0.4 is 10.6 Å². The molecule has 2 amide bonds. The molecule has 3 rings (SSSR count). The van der Waals surface area contributed by atoms with Crippen molar-refractivity contribution in [3.8, 4) is 11.3 Å². The van der Waals surface area contributed by atoms with Crippen LogP contribution >= 0.6 is 11.3 Å². The van der Waals surface area contributed by atoms with Gasteiger partial charge in [0.05, 0.1) is 17.5 Å². The van der Waals surface area contributed by atoms with Gasteiger partial charge in [0.1, 0.15) is 0 Å². The molecule has 1 aromatic carbocycles. The second kappa shape index (κ2) is 6.53. The van der Waals surface area contributed by atoms with Gasteiger partial charge in [0.2, 0.25) is 11.8 Å². The predicted octanol–water partition coefficient (Wildman–Crippen LogP) is 3.06. The van der Waals surface area contributed by atoms with Gasteiger partial charge in [0.25, 0.3) is 0 Å². The molecule has 1 aliphatic carbocycles. The van der Waals surface area contributed by atoms with Gasteiger partial charge in [-0.3, -0.25) is 14.4 Å². The molecule has 2 aromatic rings. The Kier molecular flexibility index (Phi) is 4.53. The summed E-state index contributed by atoms with van der Waals surface area (Å²) >= 11 is 1.31. The summed E-state index contributed by atoms with van der Waals surface area (Å²) in [6.07, 6.45) is 0. The minimum absolute atomic E-state index is 0.188. The van der Waals surface area contributed by atoms with Crippen molar-refractivity contribution in [1.29, 1.82) is 0 Å². The van der Waals surface area contributed by atoms with Crippen LogP contribution in [0.1, 0.15) is 20.8 Å². The first-order valence-electron chi connectivity index (χ1n) is 8.07. The Morgan fingerprint density at radius 2 is 1.92 bits per heavy atom. The molecule has 8 heteroatoms. The summed E-state index contributed by atoms with van der Waals surface area (Å²) in [6.45, 7) is 4.98. The van der Waals surface area contributed by atoms with Gasteiger partial charge < -0.3 is 15.7 Å². The zero-order valence-corrected chi connectivity index (χ0v) is 15.4. The van der Waals surface area contributed by atoms with Crippen molar-refractivity contribution >= 4 is 39.9 Å². The molecule has 0 saturated heterocycles. The highest BCUT2D eigenvalue weighted by atomic mass is 32.1. The fourth-order valence-electron chi connectivity index (χ4n) is 3.18. The first-order chi connectivity index (χ1) is 12.2. The third kappa shape index (κ3) is 3.45. The quantitative estimate of drug-likeness (QED) is 0.746. The molecule has 136 valence electrons. The third-order valence-corrected chi connectivity index (χ3v) is 5.35. The average Bonchev–Trinajstić information content (AvgIpc) is 2.88. The number of nitrogens with zero attached hydrogens (tertiary/aromatic N) is 1. The van der Waals surface area contributed by atoms with Gasteiger partial charge in [-0.1, -0.05) is 26.0 Å². The van der Waals surface area contributed by atoms with E-state index in [9.17, 15) is 19.5 Å². The highest BCUT2D eigenvalue weighted by Gasteiger charge is 2.65. The number of thiazole rings is 1. The number of aliphatic carboxylic acids is 1. The van der Waals surface area contributed by atoms with Crippen LogP contribution in [-0.4, -0.2) is 27.9 Å². The van der Waals surface area contributed by atoms with E-state index >= 15 is 0 Å². The highest BCUT2D eigenvalue weighted by Crippen LogP contribution is 2.58. The summed E-state index contributed by atoms with van der Waals surface area (Å²) in [5.74, 6) is -2.64. The van der Waals surface area contributed by atoms with Gasteiger partial charge in [0.15, 0.2) is 5.13 Å². The molecular weight excluding hydrogens is 354 g/mol. The van der Waals surface area contributed by atoms with Crippen LogP contribution in [0.4, 0.5) is 10.8 Å². The first kappa shape index (κ1) is 18.1. The van der Waals surface area contributed by atoms with Crippen LogP contribution in [0.15, 0.2) is 29.6 Å². The largest absolute Gasteiger partial charge is 0.481 e. The predicted molar refractivity (Wildman–Crippen MR) is 98.9 cm³/mol. The lowest BCUT2D eigenvalue weighted by molar-refractivity contribution is -0.140. The lowest BCUT2D eigenvalue weighted by Gasteiger charge is -2.07. The monoisotopic (exact) mass is 373 g/mol. The molecule has 7 nitrogen and oxygen atoms in total. The second-order valence-corrected chi connectivity index (χ2v) is 7.76. The molecule has 0 bridgehead atoms. The first-order valence-corrected chi connectivity index (χ1v) is 8.95. The number of rotatable bonds is 5. The normalized spacial score (nSPS) is 20.3. The maximum atomic E-state index is 12.4. The Morgan fingerprint density at radius 3 is 2.54 bits per heavy atom. The molecule has 1 saturated carbocycles. The van der Waals surface area contributed by atoms with Crippen molar-refractivity contribution in [3.63, 3.8) is 0 Å². The zero-order valence-electron chi connectivity index (χ0n) is 14.6. The molecule has 0 spiro atoms. The molecule has 0 aliphatic heterocycles. The Balaban J connectivity index is 1.74. The maximum Gasteiger partial charge on any atom is 0.307 e. The zero-order chi connectivity index (χ0) is 19.1. The molecular formula is C18H19N3O4S. The number of nitrogens with one attached hydrogen (secondary N) is 2. The van der Waals surface area contributed by atoms with Gasteiger partial charge in [-0.25, -0.2) is 4.98 Å². The van der Waals surface area contributed by atoms with Crippen LogP contribution in [0, 0.1) is 17.3 Å². The molecule has 0 radical (unpaired) electrons. The summed E-state index contributed by atoms with van der Waals surface area (Å²) in [5.41, 5.74) is 1.51. The van der Waals surface area contributed by atoms with Gasteiger partial charge in [0, 0.05) is 23.6 Å². The number of anilines is 2. The van der Waals surface area contributed by atoms with Crippen molar-refractivity contribution in [2.24, 2.45) is 17.3 Å². The number of carboxylic acid groups (broad SMARTS) is 1. The van der Waals surface area contributed by atoms with Crippen LogP contribution in [0.2, 0.25) is 0 Å². The molecule has 3 N–H and O–H groups in total. The maximum absolute atomic E-state index is 12.4. The van der Waals surface area contributed by atoms with E-state index in [-0.39, 0.29) is 11.8 Å². The molecule has 1 heterocycles. The smallest absolute Gasteiger partial charge is 0.307 e. The molecule has 1 aliphatic rings. The summed E-state index contributed by atoms with van der Waals surface area (Å²) in [5, 5.41) is 17.0. The summed E-state index contributed by atoms with van der Waals surface area (Å²) in [7, 11) is 0. The van der Waals surface area contributed by atoms with E-state index in [1.54, 1.807) is 32.0 Å². The van der Waals surface area contributed by atoms with Crippen molar-refractivity contribution in [2.45, 2.75) is 20.8 Å². The fraction of sp³-hybridized carbons (Fsp3) is 0.333. The van der Waals surface area contributed by atoms with Crippen molar-refractivity contribution in [3.05, 3.63) is 29.6 Å². The molecule has 1 fully saturated rings. The Morgan fingerprint density at radius 1 is 1.19 bits per heavy atom. The lowest BCUT2D eigenvalue weighted by Crippen LogP contribution is -2.17. The Bertz CT molecular complexity index is 890. The fourth-order valence-corrected chi connectivity index (χ4v) is 3.94. The van der Waals surface area contributed by atoms with Crippen LogP contribution in [-0.2, 0) is 14.4 Å². The van der Waals surface area contributed by atoms with Gasteiger partial charge in [-0.2, -0.15) is 0 Å². The van der Waals surface area contributed by atoms with Crippen molar-refractivity contribution in [2.75, 3.05) is 10.6 Å². The molecule has 1 aromatic heterocycles. The number of carbonyl (C=O) groups excluding carboxylic acids is 2. The van der Waals surface area contributed by atoms with E-state index in [2.05, 4.69) is 15.6 Å². The number of hydrogen-bond donors (Lipinski definition) is 3. The van der Waals surface area contributed by atoms with Gasteiger partial charge >= 0.3 is 5.97 Å². The van der Waals surface area contributed by atoms with E-state index in [0.29, 0.717) is 16.5 Å². The summed E-state index contributed by atoms with van der Waals surface area (Å²) in [4.78, 5) is 39.1.